The third-order valence-corrected chi connectivity index (χ3v) is 6.74. The highest BCUT2D eigenvalue weighted by Gasteiger charge is 2.28. The first kappa shape index (κ1) is 24.2. The Balaban J connectivity index is 1.69. The zero-order valence-corrected chi connectivity index (χ0v) is 19.1. The van der Waals surface area contributed by atoms with Crippen LogP contribution >= 0.6 is 0 Å². The van der Waals surface area contributed by atoms with E-state index in [1.165, 1.54) is 5.56 Å². The molecule has 0 radical (unpaired) electrons. The molecule has 6 heteroatoms. The van der Waals surface area contributed by atoms with Gasteiger partial charge in [-0.15, -0.1) is 0 Å². The number of carbonyl (C=O) groups excluding carboxylic acids is 1. The number of rotatable bonds is 11. The molecule has 1 aliphatic rings. The molecule has 0 unspecified atom stereocenters. The van der Waals surface area contributed by atoms with E-state index in [0.29, 0.717) is 0 Å². The fourth-order valence-electron chi connectivity index (χ4n) is 4.38. The number of benzene rings is 1. The van der Waals surface area contributed by atoms with Crippen LogP contribution < -0.4 is 16.4 Å². The van der Waals surface area contributed by atoms with E-state index < -0.39 is 0 Å². The van der Waals surface area contributed by atoms with Crippen LogP contribution in [0.3, 0.4) is 0 Å². The standard InChI is InChI=1S/C24H41N5O/c1-4-24(5-2,21-11-7-6-8-12-21)19-28-23(26-3)27-15-9-10-16-29-17-13-20(14-18-29)22(25)30/h6-8,11-12,20H,4-5,9-10,13-19H2,1-3H3,(H2,25,30)(H2,26,27,28). The highest BCUT2D eigenvalue weighted by molar-refractivity contribution is 5.79. The van der Waals surface area contributed by atoms with Crippen molar-refractivity contribution < 1.29 is 4.79 Å². The number of nitrogens with two attached hydrogens (primary N) is 1. The lowest BCUT2D eigenvalue weighted by molar-refractivity contribution is -0.123. The van der Waals surface area contributed by atoms with Crippen LogP contribution in [0.15, 0.2) is 35.3 Å². The van der Waals surface area contributed by atoms with Crippen LogP contribution in [0.2, 0.25) is 0 Å². The van der Waals surface area contributed by atoms with Crippen molar-refractivity contribution in [2.45, 2.75) is 57.8 Å². The molecule has 1 heterocycles. The second-order valence-corrected chi connectivity index (χ2v) is 8.43. The number of unbranched alkanes of at least 4 members (excludes halogenated alkanes) is 1. The van der Waals surface area contributed by atoms with Crippen LogP contribution in [0.5, 0.6) is 0 Å². The molecule has 0 spiro atoms. The van der Waals surface area contributed by atoms with Gasteiger partial charge in [-0.3, -0.25) is 9.79 Å². The topological polar surface area (TPSA) is 82.8 Å². The second kappa shape index (κ2) is 12.6. The summed E-state index contributed by atoms with van der Waals surface area (Å²) in [5, 5.41) is 7.01. The number of hydrogen-bond acceptors (Lipinski definition) is 3. The largest absolute Gasteiger partial charge is 0.369 e. The average molecular weight is 416 g/mol. The van der Waals surface area contributed by atoms with Crippen molar-refractivity contribution in [3.8, 4) is 0 Å². The Kier molecular flexibility index (Phi) is 10.1. The number of likely N-dealkylation sites (tertiary alicyclic amines) is 1. The van der Waals surface area contributed by atoms with Gasteiger partial charge in [-0.1, -0.05) is 44.2 Å². The molecule has 1 amide bonds. The first-order chi connectivity index (χ1) is 14.5. The van der Waals surface area contributed by atoms with Gasteiger partial charge in [-0.25, -0.2) is 0 Å². The number of carbonyl (C=O) groups is 1. The Morgan fingerprint density at radius 1 is 1.13 bits per heavy atom. The molecule has 4 N–H and O–H groups in total. The molecule has 0 bridgehead atoms. The lowest BCUT2D eigenvalue weighted by atomic mass is 9.76. The molecule has 1 aromatic rings. The van der Waals surface area contributed by atoms with Crippen molar-refractivity contribution in [3.05, 3.63) is 35.9 Å². The summed E-state index contributed by atoms with van der Waals surface area (Å²) >= 11 is 0. The van der Waals surface area contributed by atoms with Gasteiger partial charge in [-0.2, -0.15) is 0 Å². The molecule has 0 aliphatic carbocycles. The summed E-state index contributed by atoms with van der Waals surface area (Å²) in [5.74, 6) is 0.811. The molecule has 168 valence electrons. The van der Waals surface area contributed by atoms with Crippen molar-refractivity contribution in [3.63, 3.8) is 0 Å². The summed E-state index contributed by atoms with van der Waals surface area (Å²) in [7, 11) is 1.83. The Bertz CT molecular complexity index is 649. The molecule has 2 rings (SSSR count). The van der Waals surface area contributed by atoms with E-state index in [9.17, 15) is 4.79 Å². The van der Waals surface area contributed by atoms with Gasteiger partial charge >= 0.3 is 0 Å². The summed E-state index contributed by atoms with van der Waals surface area (Å²) in [5.41, 5.74) is 6.92. The van der Waals surface area contributed by atoms with Crippen LogP contribution in [0.1, 0.15) is 57.9 Å². The summed E-state index contributed by atoms with van der Waals surface area (Å²) < 4.78 is 0. The Morgan fingerprint density at radius 3 is 2.37 bits per heavy atom. The van der Waals surface area contributed by atoms with E-state index in [4.69, 9.17) is 5.73 Å². The SMILES string of the molecule is CCC(CC)(CNC(=NC)NCCCCN1CCC(C(N)=O)CC1)c1ccccc1. The van der Waals surface area contributed by atoms with E-state index in [-0.39, 0.29) is 17.2 Å². The monoisotopic (exact) mass is 415 g/mol. The van der Waals surface area contributed by atoms with Gasteiger partial charge in [0.1, 0.15) is 0 Å². The molecule has 6 nitrogen and oxygen atoms in total. The van der Waals surface area contributed by atoms with Crippen molar-refractivity contribution in [2.75, 3.05) is 39.8 Å². The molecule has 1 aliphatic heterocycles. The molecular weight excluding hydrogens is 374 g/mol. The number of aliphatic imine (C=N–C) groups is 1. The molecule has 1 aromatic carbocycles. The van der Waals surface area contributed by atoms with Gasteiger partial charge in [0.2, 0.25) is 5.91 Å². The van der Waals surface area contributed by atoms with E-state index in [2.05, 4.69) is 64.7 Å². The van der Waals surface area contributed by atoms with Crippen LogP contribution in [0.25, 0.3) is 0 Å². The van der Waals surface area contributed by atoms with E-state index >= 15 is 0 Å². The minimum Gasteiger partial charge on any atom is -0.369 e. The molecule has 0 atom stereocenters. The predicted molar refractivity (Wildman–Crippen MR) is 126 cm³/mol. The number of piperidine rings is 1. The van der Waals surface area contributed by atoms with Crippen LogP contribution in [0.4, 0.5) is 0 Å². The lowest BCUT2D eigenvalue weighted by Gasteiger charge is -2.33. The second-order valence-electron chi connectivity index (χ2n) is 8.43. The third-order valence-electron chi connectivity index (χ3n) is 6.74. The first-order valence-electron chi connectivity index (χ1n) is 11.6. The highest BCUT2D eigenvalue weighted by atomic mass is 16.1. The zero-order valence-electron chi connectivity index (χ0n) is 19.1. The molecule has 30 heavy (non-hydrogen) atoms. The van der Waals surface area contributed by atoms with Crippen LogP contribution in [0, 0.1) is 5.92 Å². The third kappa shape index (κ3) is 7.01. The minimum absolute atomic E-state index is 0.0755. The van der Waals surface area contributed by atoms with E-state index in [1.54, 1.807) is 0 Å². The van der Waals surface area contributed by atoms with Gasteiger partial charge in [0.25, 0.3) is 0 Å². The minimum atomic E-state index is -0.139. The van der Waals surface area contributed by atoms with Crippen molar-refractivity contribution in [1.29, 1.82) is 0 Å². The number of hydrogen-bond donors (Lipinski definition) is 3. The summed E-state index contributed by atoms with van der Waals surface area (Å²) in [4.78, 5) is 18.1. The highest BCUT2D eigenvalue weighted by Crippen LogP contribution is 2.30. The average Bonchev–Trinajstić information content (AvgIpc) is 2.79. The zero-order chi connectivity index (χ0) is 21.8. The smallest absolute Gasteiger partial charge is 0.220 e. The van der Waals surface area contributed by atoms with Gasteiger partial charge in [0.05, 0.1) is 0 Å². The van der Waals surface area contributed by atoms with Crippen molar-refractivity contribution >= 4 is 11.9 Å². The maximum Gasteiger partial charge on any atom is 0.220 e. The van der Waals surface area contributed by atoms with Gasteiger partial charge < -0.3 is 21.3 Å². The number of nitrogens with one attached hydrogen (secondary N) is 2. The van der Waals surface area contributed by atoms with Gasteiger partial charge in [-0.05, 0) is 63.7 Å². The van der Waals surface area contributed by atoms with Crippen molar-refractivity contribution in [2.24, 2.45) is 16.6 Å². The quantitative estimate of drug-likeness (QED) is 0.295. The molecule has 1 saturated heterocycles. The molecule has 0 aromatic heterocycles. The molecule has 1 fully saturated rings. The molecule has 0 saturated carbocycles. The van der Waals surface area contributed by atoms with E-state index in [0.717, 1.165) is 77.2 Å². The fraction of sp³-hybridized carbons (Fsp3) is 0.667. The maximum absolute atomic E-state index is 11.3. The summed E-state index contributed by atoms with van der Waals surface area (Å²) in [6.45, 7) is 9.37. The van der Waals surface area contributed by atoms with Crippen LogP contribution in [-0.4, -0.2) is 56.5 Å². The number of primary amides is 1. The summed E-state index contributed by atoms with van der Waals surface area (Å²) in [6, 6.07) is 10.8. The lowest BCUT2D eigenvalue weighted by Crippen LogP contribution is -2.45. The van der Waals surface area contributed by atoms with E-state index in [1.807, 2.05) is 7.05 Å². The normalized spacial score (nSPS) is 16.4. The number of guanidine groups is 1. The van der Waals surface area contributed by atoms with Crippen LogP contribution in [-0.2, 0) is 10.2 Å². The summed E-state index contributed by atoms with van der Waals surface area (Å²) in [6.07, 6.45) is 6.23. The fourth-order valence-corrected chi connectivity index (χ4v) is 4.38. The predicted octanol–water partition coefficient (Wildman–Crippen LogP) is 2.89. The maximum atomic E-state index is 11.3. The van der Waals surface area contributed by atoms with Gasteiger partial charge in [0.15, 0.2) is 5.96 Å². The number of nitrogens with zero attached hydrogens (tertiary/aromatic N) is 2. The Morgan fingerprint density at radius 2 is 1.80 bits per heavy atom. The van der Waals surface area contributed by atoms with Gasteiger partial charge in [0, 0.05) is 31.5 Å². The Hall–Kier alpha value is -2.08. The van der Waals surface area contributed by atoms with Crippen molar-refractivity contribution in [1.82, 2.24) is 15.5 Å². The number of amides is 1. The Labute approximate surface area is 182 Å². The molecular formula is C24H41N5O. The first-order valence-corrected chi connectivity index (χ1v) is 11.6.